The summed E-state index contributed by atoms with van der Waals surface area (Å²) in [6.07, 6.45) is 1.05. The van der Waals surface area contributed by atoms with E-state index in [0.29, 0.717) is 12.8 Å². The SMILES string of the molecule is CC(CCCC(=O)O)NC(=O)Nc1ccc(Cl)cc1F. The van der Waals surface area contributed by atoms with Gasteiger partial charge in [0, 0.05) is 17.5 Å². The Morgan fingerprint density at radius 3 is 2.75 bits per heavy atom. The number of nitrogens with one attached hydrogen (secondary N) is 2. The van der Waals surface area contributed by atoms with Gasteiger partial charge in [-0.3, -0.25) is 4.79 Å². The number of halogens is 2. The third kappa shape index (κ3) is 5.88. The van der Waals surface area contributed by atoms with Crippen LogP contribution in [0.15, 0.2) is 18.2 Å². The highest BCUT2D eigenvalue weighted by Crippen LogP contribution is 2.18. The fraction of sp³-hybridized carbons (Fsp3) is 0.385. The molecule has 2 amide bonds. The smallest absolute Gasteiger partial charge is 0.319 e. The van der Waals surface area contributed by atoms with Crippen molar-refractivity contribution in [2.75, 3.05) is 5.32 Å². The van der Waals surface area contributed by atoms with E-state index in [1.54, 1.807) is 6.92 Å². The van der Waals surface area contributed by atoms with Gasteiger partial charge in [0.2, 0.25) is 0 Å². The fourth-order valence-corrected chi connectivity index (χ4v) is 1.76. The van der Waals surface area contributed by atoms with Gasteiger partial charge in [0.1, 0.15) is 5.82 Å². The van der Waals surface area contributed by atoms with Crippen LogP contribution in [0.4, 0.5) is 14.9 Å². The van der Waals surface area contributed by atoms with Crippen molar-refractivity contribution in [3.8, 4) is 0 Å². The summed E-state index contributed by atoms with van der Waals surface area (Å²) in [4.78, 5) is 22.0. The quantitative estimate of drug-likeness (QED) is 0.755. The first-order valence-corrected chi connectivity index (χ1v) is 6.50. The zero-order valence-corrected chi connectivity index (χ0v) is 11.7. The second kappa shape index (κ2) is 7.69. The number of carboxylic acid groups (broad SMARTS) is 1. The van der Waals surface area contributed by atoms with Gasteiger partial charge in [0.05, 0.1) is 5.69 Å². The van der Waals surface area contributed by atoms with Crippen LogP contribution in [0, 0.1) is 5.82 Å². The summed E-state index contributed by atoms with van der Waals surface area (Å²) < 4.78 is 13.4. The lowest BCUT2D eigenvalue weighted by Crippen LogP contribution is -2.36. The molecule has 0 aliphatic carbocycles. The van der Waals surface area contributed by atoms with Crippen LogP contribution < -0.4 is 10.6 Å². The van der Waals surface area contributed by atoms with Crippen molar-refractivity contribution in [2.45, 2.75) is 32.2 Å². The Morgan fingerprint density at radius 1 is 1.45 bits per heavy atom. The third-order valence-corrected chi connectivity index (χ3v) is 2.82. The molecule has 0 saturated carbocycles. The monoisotopic (exact) mass is 302 g/mol. The van der Waals surface area contributed by atoms with Gasteiger partial charge >= 0.3 is 12.0 Å². The molecule has 5 nitrogen and oxygen atoms in total. The predicted octanol–water partition coefficient (Wildman–Crippen LogP) is 3.24. The number of carbonyl (C=O) groups is 2. The van der Waals surface area contributed by atoms with E-state index < -0.39 is 17.8 Å². The van der Waals surface area contributed by atoms with E-state index in [-0.39, 0.29) is 23.2 Å². The van der Waals surface area contributed by atoms with Gasteiger partial charge < -0.3 is 15.7 Å². The van der Waals surface area contributed by atoms with E-state index in [4.69, 9.17) is 16.7 Å². The minimum Gasteiger partial charge on any atom is -0.481 e. The van der Waals surface area contributed by atoms with Gasteiger partial charge in [-0.15, -0.1) is 0 Å². The van der Waals surface area contributed by atoms with E-state index in [0.717, 1.165) is 6.07 Å². The van der Waals surface area contributed by atoms with Crippen LogP contribution in [0.2, 0.25) is 5.02 Å². The number of urea groups is 1. The average Bonchev–Trinajstić information content (AvgIpc) is 2.32. The van der Waals surface area contributed by atoms with Crippen molar-refractivity contribution >= 4 is 29.3 Å². The molecule has 0 heterocycles. The Kier molecular flexibility index (Phi) is 6.24. The molecule has 1 aromatic rings. The summed E-state index contributed by atoms with van der Waals surface area (Å²) >= 11 is 5.60. The highest BCUT2D eigenvalue weighted by molar-refractivity contribution is 6.30. The highest BCUT2D eigenvalue weighted by Gasteiger charge is 2.10. The Hall–Kier alpha value is -1.82. The Bertz CT molecular complexity index is 497. The number of carbonyl (C=O) groups excluding carboxylic acids is 1. The van der Waals surface area contributed by atoms with E-state index in [2.05, 4.69) is 10.6 Å². The first-order valence-electron chi connectivity index (χ1n) is 6.13. The molecule has 1 unspecified atom stereocenters. The van der Waals surface area contributed by atoms with Crippen LogP contribution in [-0.4, -0.2) is 23.1 Å². The maximum Gasteiger partial charge on any atom is 0.319 e. The van der Waals surface area contributed by atoms with Crippen molar-refractivity contribution < 1.29 is 19.1 Å². The van der Waals surface area contributed by atoms with Gasteiger partial charge in [0.25, 0.3) is 0 Å². The number of aliphatic carboxylic acids is 1. The first-order chi connectivity index (χ1) is 9.38. The molecule has 0 saturated heterocycles. The van der Waals surface area contributed by atoms with Gasteiger partial charge in [0.15, 0.2) is 0 Å². The molecule has 0 aliphatic heterocycles. The number of anilines is 1. The molecule has 0 radical (unpaired) electrons. The van der Waals surface area contributed by atoms with Gasteiger partial charge in [-0.1, -0.05) is 11.6 Å². The lowest BCUT2D eigenvalue weighted by molar-refractivity contribution is -0.137. The Labute approximate surface area is 121 Å². The van der Waals surface area contributed by atoms with Crippen LogP contribution in [0.25, 0.3) is 0 Å². The third-order valence-electron chi connectivity index (χ3n) is 2.58. The Balaban J connectivity index is 2.41. The average molecular weight is 303 g/mol. The highest BCUT2D eigenvalue weighted by atomic mass is 35.5. The number of hydrogen-bond donors (Lipinski definition) is 3. The van der Waals surface area contributed by atoms with E-state index in [1.165, 1.54) is 12.1 Å². The van der Waals surface area contributed by atoms with Crippen LogP contribution in [-0.2, 0) is 4.79 Å². The molecular weight excluding hydrogens is 287 g/mol. The Morgan fingerprint density at radius 2 is 2.15 bits per heavy atom. The maximum atomic E-state index is 13.4. The van der Waals surface area contributed by atoms with Gasteiger partial charge in [-0.05, 0) is 38.0 Å². The number of carboxylic acids is 1. The topological polar surface area (TPSA) is 78.4 Å². The molecule has 1 atom stereocenters. The van der Waals surface area contributed by atoms with Crippen LogP contribution in [0.3, 0.4) is 0 Å². The van der Waals surface area contributed by atoms with Crippen LogP contribution in [0.1, 0.15) is 26.2 Å². The molecule has 3 N–H and O–H groups in total. The van der Waals surface area contributed by atoms with Gasteiger partial charge in [-0.2, -0.15) is 0 Å². The van der Waals surface area contributed by atoms with Crippen LogP contribution in [0.5, 0.6) is 0 Å². The van der Waals surface area contributed by atoms with Gasteiger partial charge in [-0.25, -0.2) is 9.18 Å². The van der Waals surface area contributed by atoms with Crippen molar-refractivity contribution in [2.24, 2.45) is 0 Å². The molecule has 20 heavy (non-hydrogen) atoms. The maximum absolute atomic E-state index is 13.4. The lowest BCUT2D eigenvalue weighted by Gasteiger charge is -2.14. The second-order valence-corrected chi connectivity index (χ2v) is 4.85. The van der Waals surface area contributed by atoms with E-state index in [9.17, 15) is 14.0 Å². The summed E-state index contributed by atoms with van der Waals surface area (Å²) in [5, 5.41) is 13.7. The number of benzene rings is 1. The molecule has 0 fully saturated rings. The molecular formula is C13H16ClFN2O3. The number of hydrogen-bond acceptors (Lipinski definition) is 2. The lowest BCUT2D eigenvalue weighted by atomic mass is 10.1. The minimum atomic E-state index is -0.870. The van der Waals surface area contributed by atoms with Crippen molar-refractivity contribution in [3.05, 3.63) is 29.0 Å². The molecule has 7 heteroatoms. The zero-order chi connectivity index (χ0) is 15.1. The molecule has 1 rings (SSSR count). The summed E-state index contributed by atoms with van der Waals surface area (Å²) in [6.45, 7) is 1.75. The van der Waals surface area contributed by atoms with E-state index in [1.807, 2.05) is 0 Å². The summed E-state index contributed by atoms with van der Waals surface area (Å²) in [7, 11) is 0. The zero-order valence-electron chi connectivity index (χ0n) is 11.0. The largest absolute Gasteiger partial charge is 0.481 e. The summed E-state index contributed by atoms with van der Waals surface area (Å²) in [5.41, 5.74) is 0.0321. The molecule has 0 bridgehead atoms. The predicted molar refractivity (Wildman–Crippen MR) is 74.5 cm³/mol. The number of rotatable bonds is 6. The van der Waals surface area contributed by atoms with Crippen molar-refractivity contribution in [1.82, 2.24) is 5.32 Å². The van der Waals surface area contributed by atoms with Crippen molar-refractivity contribution in [1.29, 1.82) is 0 Å². The number of amides is 2. The molecule has 0 aromatic heterocycles. The normalized spacial score (nSPS) is 11.8. The molecule has 0 aliphatic rings. The summed E-state index contributed by atoms with van der Waals surface area (Å²) in [6, 6.07) is 3.19. The first kappa shape index (κ1) is 16.2. The molecule has 1 aromatic carbocycles. The van der Waals surface area contributed by atoms with Crippen molar-refractivity contribution in [3.63, 3.8) is 0 Å². The molecule has 0 spiro atoms. The second-order valence-electron chi connectivity index (χ2n) is 4.41. The molecule has 110 valence electrons. The minimum absolute atomic E-state index is 0.0321. The van der Waals surface area contributed by atoms with E-state index >= 15 is 0 Å². The standard InChI is InChI=1S/C13H16ClFN2O3/c1-8(3-2-4-12(18)19)16-13(20)17-11-6-5-9(14)7-10(11)15/h5-8H,2-4H2,1H3,(H,18,19)(H2,16,17,20). The fourth-order valence-electron chi connectivity index (χ4n) is 1.60. The summed E-state index contributed by atoms with van der Waals surface area (Å²) in [5.74, 6) is -1.49. The van der Waals surface area contributed by atoms with Crippen LogP contribution >= 0.6 is 11.6 Å².